The Morgan fingerprint density at radius 1 is 2.00 bits per heavy atom. The fraction of sp³-hybridized carbons (Fsp3) is 1.00. The van der Waals surface area contributed by atoms with Crippen molar-refractivity contribution in [2.24, 2.45) is 5.84 Å². The molecule has 0 heterocycles. The fourth-order valence-corrected chi connectivity index (χ4v) is 0.548. The zero-order chi connectivity index (χ0) is 4.99. The summed E-state index contributed by atoms with van der Waals surface area (Å²) < 4.78 is 0. The first-order valence-electron chi connectivity index (χ1n) is 1.85. The Bertz CT molecular complexity index is 32.7. The molecule has 1 atom stereocenters. The molecule has 36 valence electrons. The summed E-state index contributed by atoms with van der Waals surface area (Å²) >= 11 is 0. The van der Waals surface area contributed by atoms with Gasteiger partial charge in [-0.15, -0.1) is 7.80 Å². The first kappa shape index (κ1) is 6.41. The predicted molar refractivity (Wildman–Crippen MR) is 33.6 cm³/mol. The number of hydrogen-bond acceptors (Lipinski definition) is 2. The van der Waals surface area contributed by atoms with Crippen molar-refractivity contribution < 1.29 is 0 Å². The maximum absolute atomic E-state index is 5.00. The first-order chi connectivity index (χ1) is 2.77. The van der Waals surface area contributed by atoms with Crippen LogP contribution in [0.4, 0.5) is 0 Å². The van der Waals surface area contributed by atoms with Gasteiger partial charge in [-0.25, -0.2) is 0 Å². The molecule has 0 aromatic carbocycles. The summed E-state index contributed by atoms with van der Waals surface area (Å²) in [5.74, 6) is 5.00. The molecule has 0 aliphatic rings. The molecule has 0 aliphatic carbocycles. The highest BCUT2D eigenvalue weighted by Crippen LogP contribution is 2.18. The summed E-state index contributed by atoms with van der Waals surface area (Å²) in [5.41, 5.74) is 2.60. The summed E-state index contributed by atoms with van der Waals surface area (Å²) in [7, 11) is 2.34. The molecule has 0 rings (SSSR count). The molecule has 0 aromatic heterocycles. The highest BCUT2D eigenvalue weighted by molar-refractivity contribution is 7.81. The van der Waals surface area contributed by atoms with Crippen molar-refractivity contribution in [1.82, 2.24) is 5.43 Å². The average Bonchev–Trinajstić information content (AvgIpc) is 1.35. The van der Waals surface area contributed by atoms with Crippen LogP contribution in [-0.4, -0.2) is 20.5 Å². The quantitative estimate of drug-likeness (QED) is 0.205. The Balaban J connectivity index is 2.63. The molecule has 0 bridgehead atoms. The largest absolute Gasteiger partial charge is 0.271 e. The highest BCUT2D eigenvalue weighted by atomic mass is 31.1. The Kier molecular flexibility index (Phi) is 3.85. The van der Waals surface area contributed by atoms with Crippen LogP contribution in [0, 0.1) is 0 Å². The van der Waals surface area contributed by atoms with Gasteiger partial charge < -0.3 is 0 Å². The lowest BCUT2D eigenvalue weighted by molar-refractivity contribution is 0.868. The van der Waals surface area contributed by atoms with Gasteiger partial charge in [-0.2, -0.15) is 0 Å². The molecule has 6 heavy (non-hydrogen) atoms. The van der Waals surface area contributed by atoms with Gasteiger partial charge in [0, 0.05) is 6.29 Å². The molecule has 0 aliphatic heterocycles. The molecule has 0 fully saturated rings. The molecule has 0 saturated heterocycles. The molecule has 0 radical (unpaired) electrons. The topological polar surface area (TPSA) is 38.0 Å². The lowest BCUT2D eigenvalue weighted by Crippen LogP contribution is -2.21. The third-order valence-electron chi connectivity index (χ3n) is 0.408. The number of hydrazine groups is 1. The van der Waals surface area contributed by atoms with Gasteiger partial charge in [-0.1, -0.05) is 6.66 Å². The maximum Gasteiger partial charge on any atom is 0.135 e. The smallest absolute Gasteiger partial charge is 0.135 e. The van der Waals surface area contributed by atoms with Crippen LogP contribution in [0.25, 0.3) is 0 Å². The van der Waals surface area contributed by atoms with Crippen molar-refractivity contribution in [1.29, 1.82) is 0 Å². The third kappa shape index (κ3) is 4.41. The lowest BCUT2D eigenvalue weighted by atomic mass is 10.8. The molecule has 2 nitrogen and oxygen atoms in total. The van der Waals surface area contributed by atoms with E-state index in [1.807, 2.05) is 0 Å². The van der Waals surface area contributed by atoms with Gasteiger partial charge in [0.15, 0.2) is 0 Å². The summed E-state index contributed by atoms with van der Waals surface area (Å²) in [6.07, 6.45) is 0.968. The van der Waals surface area contributed by atoms with Crippen molar-refractivity contribution in [2.75, 3.05) is 13.0 Å². The number of rotatable bonds is 2. The number of hydrogen-bond donors (Lipinski definition) is 2. The van der Waals surface area contributed by atoms with E-state index in [9.17, 15) is 0 Å². The van der Waals surface area contributed by atoms with Gasteiger partial charge >= 0.3 is 0 Å². The predicted octanol–water partition coefficient (Wildman–Crippen LogP) is -0.933. The summed E-state index contributed by atoms with van der Waals surface area (Å²) in [5, 5.41) is 0. The van der Waals surface area contributed by atoms with Crippen LogP contribution in [-0.2, 0) is 0 Å². The molecule has 0 aromatic rings. The third-order valence-corrected chi connectivity index (χ3v) is 1.22. The maximum atomic E-state index is 5.00. The normalized spacial score (nSPS) is 14.3. The average molecular weight is 104 g/mol. The molecule has 0 spiro atoms. The van der Waals surface area contributed by atoms with E-state index in [0.717, 1.165) is 6.29 Å². The minimum atomic E-state index is 0.163. The standard InChI is InChI=1S/C2H10BN2P/c1-6(3)2-5-4/h5H,2-4H2,1H3. The van der Waals surface area contributed by atoms with Crippen LogP contribution < -0.4 is 11.3 Å². The number of nitrogens with two attached hydrogens (primary N) is 1. The molecule has 0 saturated carbocycles. The van der Waals surface area contributed by atoms with Crippen LogP contribution >= 0.6 is 7.80 Å². The van der Waals surface area contributed by atoms with E-state index in [0.29, 0.717) is 0 Å². The van der Waals surface area contributed by atoms with Crippen LogP contribution in [0.5, 0.6) is 0 Å². The van der Waals surface area contributed by atoms with E-state index >= 15 is 0 Å². The zero-order valence-corrected chi connectivity index (χ0v) is 5.13. The van der Waals surface area contributed by atoms with Gasteiger partial charge in [-0.3, -0.25) is 11.3 Å². The first-order valence-corrected chi connectivity index (χ1v) is 4.27. The highest BCUT2D eigenvalue weighted by Gasteiger charge is 1.83. The van der Waals surface area contributed by atoms with E-state index in [1.165, 1.54) is 0 Å². The van der Waals surface area contributed by atoms with Crippen LogP contribution in [0.3, 0.4) is 0 Å². The van der Waals surface area contributed by atoms with E-state index in [4.69, 9.17) is 5.84 Å². The Hall–Kier alpha value is 0.415. The lowest BCUT2D eigenvalue weighted by Gasteiger charge is -1.99. The van der Waals surface area contributed by atoms with Crippen molar-refractivity contribution in [3.63, 3.8) is 0 Å². The van der Waals surface area contributed by atoms with Gasteiger partial charge in [0.1, 0.15) is 7.57 Å². The van der Waals surface area contributed by atoms with Gasteiger partial charge in [-0.05, 0) is 0 Å². The Labute approximate surface area is 40.6 Å². The monoisotopic (exact) mass is 104 g/mol. The van der Waals surface area contributed by atoms with E-state index in [1.54, 1.807) is 0 Å². The van der Waals surface area contributed by atoms with Crippen LogP contribution in [0.2, 0.25) is 0 Å². The van der Waals surface area contributed by atoms with E-state index in [2.05, 4.69) is 19.7 Å². The summed E-state index contributed by atoms with van der Waals surface area (Å²) in [6.45, 7) is 2.18. The van der Waals surface area contributed by atoms with Crippen molar-refractivity contribution in [3.05, 3.63) is 0 Å². The minimum Gasteiger partial charge on any atom is -0.271 e. The van der Waals surface area contributed by atoms with Crippen molar-refractivity contribution in [3.8, 4) is 0 Å². The second-order valence-electron chi connectivity index (χ2n) is 1.44. The molecule has 1 unspecified atom stereocenters. The van der Waals surface area contributed by atoms with Gasteiger partial charge in [0.25, 0.3) is 0 Å². The SMILES string of the molecule is BP(C)CNN. The minimum absolute atomic E-state index is 0.163. The van der Waals surface area contributed by atoms with Crippen LogP contribution in [0.1, 0.15) is 0 Å². The molecule has 3 N–H and O–H groups in total. The van der Waals surface area contributed by atoms with Crippen LogP contribution in [0.15, 0.2) is 0 Å². The molecular weight excluding hydrogens is 93.8 g/mol. The zero-order valence-electron chi connectivity index (χ0n) is 4.23. The number of nitrogens with one attached hydrogen (secondary N) is 1. The summed E-state index contributed by atoms with van der Waals surface area (Å²) in [6, 6.07) is 0. The summed E-state index contributed by atoms with van der Waals surface area (Å²) in [4.78, 5) is 0. The van der Waals surface area contributed by atoms with Gasteiger partial charge in [0.05, 0.1) is 0 Å². The van der Waals surface area contributed by atoms with E-state index < -0.39 is 0 Å². The second kappa shape index (κ2) is 3.60. The fourth-order valence-electron chi connectivity index (χ4n) is 0.183. The molecular formula is C2H10BN2P. The molecule has 0 amide bonds. The van der Waals surface area contributed by atoms with E-state index in [-0.39, 0.29) is 7.80 Å². The van der Waals surface area contributed by atoms with Crippen molar-refractivity contribution in [2.45, 2.75) is 0 Å². The Morgan fingerprint density at radius 3 is 2.50 bits per heavy atom. The van der Waals surface area contributed by atoms with Crippen molar-refractivity contribution >= 4 is 15.4 Å². The Morgan fingerprint density at radius 2 is 2.50 bits per heavy atom. The van der Waals surface area contributed by atoms with Gasteiger partial charge in [0.2, 0.25) is 0 Å². The second-order valence-corrected chi connectivity index (χ2v) is 3.92. The molecule has 4 heteroatoms.